The molecule has 1 heterocycles. The van der Waals surface area contributed by atoms with Gasteiger partial charge in [0.2, 0.25) is 0 Å². The van der Waals surface area contributed by atoms with Gasteiger partial charge in [0.15, 0.2) is 12.1 Å². The number of hydrogen-bond donors (Lipinski definition) is 1. The van der Waals surface area contributed by atoms with Gasteiger partial charge in [0.1, 0.15) is 0 Å². The van der Waals surface area contributed by atoms with Gasteiger partial charge in [-0.05, 0) is 32.5 Å². The van der Waals surface area contributed by atoms with E-state index in [0.717, 1.165) is 12.3 Å². The van der Waals surface area contributed by atoms with E-state index in [9.17, 15) is 4.79 Å². The molecule has 4 heteroatoms. The molecule has 0 atom stereocenters. The van der Waals surface area contributed by atoms with Crippen molar-refractivity contribution in [3.8, 4) is 0 Å². The number of carboxylic acid groups (broad SMARTS) is 1. The van der Waals surface area contributed by atoms with Gasteiger partial charge in [-0.1, -0.05) is 0 Å². The number of hydrogen-bond acceptors (Lipinski definition) is 2. The Hall–Kier alpha value is -0.510. The highest BCUT2D eigenvalue weighted by Crippen LogP contribution is 2.19. The summed E-state index contributed by atoms with van der Waals surface area (Å²) < 4.78 is 1.94. The highest BCUT2D eigenvalue weighted by molar-refractivity contribution is 8.15. The molecule has 12 heavy (non-hydrogen) atoms. The van der Waals surface area contributed by atoms with E-state index in [-0.39, 0.29) is 5.54 Å². The molecule has 0 saturated carbocycles. The molecular formula is C8H14NO2S+. The fourth-order valence-corrected chi connectivity index (χ4v) is 2.34. The van der Waals surface area contributed by atoms with Crippen LogP contribution in [-0.4, -0.2) is 38.5 Å². The maximum Gasteiger partial charge on any atom is 0.408 e. The highest BCUT2D eigenvalue weighted by atomic mass is 32.2. The minimum Gasteiger partial charge on any atom is -0.473 e. The molecule has 1 aliphatic rings. The van der Waals surface area contributed by atoms with Crippen molar-refractivity contribution in [3.05, 3.63) is 0 Å². The average Bonchev–Trinajstić information content (AvgIpc) is 2.30. The lowest BCUT2D eigenvalue weighted by molar-refractivity contribution is -0.587. The number of nitrogens with zero attached hydrogens (tertiary/aromatic N) is 1. The Morgan fingerprint density at radius 3 is 2.50 bits per heavy atom. The predicted octanol–water partition coefficient (Wildman–Crippen LogP) is 1.03. The van der Waals surface area contributed by atoms with E-state index in [1.165, 1.54) is 11.8 Å². The van der Waals surface area contributed by atoms with E-state index in [0.29, 0.717) is 5.04 Å². The molecule has 0 aromatic heterocycles. The minimum atomic E-state index is -0.799. The molecular weight excluding hydrogens is 174 g/mol. The smallest absolute Gasteiger partial charge is 0.408 e. The number of aliphatic carboxylic acids is 1. The van der Waals surface area contributed by atoms with Gasteiger partial charge >= 0.3 is 11.0 Å². The van der Waals surface area contributed by atoms with E-state index in [1.54, 1.807) is 0 Å². The van der Waals surface area contributed by atoms with Crippen LogP contribution in [0.2, 0.25) is 0 Å². The van der Waals surface area contributed by atoms with Crippen molar-refractivity contribution < 1.29 is 14.5 Å². The molecule has 0 fully saturated rings. The Kier molecular flexibility index (Phi) is 2.46. The molecule has 0 bridgehead atoms. The molecule has 0 spiro atoms. The SMILES string of the molecule is CC(C)(C)[N+]1=C(C(=O)O)SCC1. The first kappa shape index (κ1) is 9.58. The van der Waals surface area contributed by atoms with Gasteiger partial charge in [0, 0.05) is 0 Å². The third kappa shape index (κ3) is 1.80. The van der Waals surface area contributed by atoms with E-state index >= 15 is 0 Å². The van der Waals surface area contributed by atoms with Gasteiger partial charge in [-0.25, -0.2) is 9.37 Å². The van der Waals surface area contributed by atoms with Crippen molar-refractivity contribution in [2.45, 2.75) is 26.3 Å². The average molecular weight is 188 g/mol. The molecule has 0 aliphatic carbocycles. The Bertz CT molecular complexity index is 240. The van der Waals surface area contributed by atoms with Gasteiger partial charge < -0.3 is 5.11 Å². The fourth-order valence-electron chi connectivity index (χ4n) is 1.23. The minimum absolute atomic E-state index is 0.0722. The Labute approximate surface area is 76.5 Å². The van der Waals surface area contributed by atoms with Crippen LogP contribution >= 0.6 is 11.8 Å². The number of carboxylic acids is 1. The summed E-state index contributed by atoms with van der Waals surface area (Å²) >= 11 is 1.43. The van der Waals surface area contributed by atoms with E-state index in [1.807, 2.05) is 25.3 Å². The van der Waals surface area contributed by atoms with Crippen LogP contribution in [0.25, 0.3) is 0 Å². The van der Waals surface area contributed by atoms with Gasteiger partial charge in [0.05, 0.1) is 5.75 Å². The van der Waals surface area contributed by atoms with E-state index in [4.69, 9.17) is 5.11 Å². The lowest BCUT2D eigenvalue weighted by Crippen LogP contribution is -2.36. The van der Waals surface area contributed by atoms with E-state index in [2.05, 4.69) is 0 Å². The van der Waals surface area contributed by atoms with Crippen molar-refractivity contribution in [1.82, 2.24) is 0 Å². The molecule has 0 unspecified atom stereocenters. The highest BCUT2D eigenvalue weighted by Gasteiger charge is 2.36. The summed E-state index contributed by atoms with van der Waals surface area (Å²) in [6.07, 6.45) is 0. The van der Waals surface area contributed by atoms with Crippen LogP contribution in [0.1, 0.15) is 20.8 Å². The molecule has 0 aromatic rings. The van der Waals surface area contributed by atoms with Crippen LogP contribution in [0.3, 0.4) is 0 Å². The van der Waals surface area contributed by atoms with Crippen molar-refractivity contribution in [2.24, 2.45) is 0 Å². The quantitative estimate of drug-likeness (QED) is 0.625. The van der Waals surface area contributed by atoms with Crippen molar-refractivity contribution >= 4 is 22.8 Å². The largest absolute Gasteiger partial charge is 0.473 e. The van der Waals surface area contributed by atoms with Crippen molar-refractivity contribution in [2.75, 3.05) is 12.3 Å². The zero-order valence-corrected chi connectivity index (χ0v) is 8.44. The summed E-state index contributed by atoms with van der Waals surface area (Å²) in [5, 5.41) is 9.34. The van der Waals surface area contributed by atoms with Crippen LogP contribution in [-0.2, 0) is 4.79 Å². The zero-order chi connectivity index (χ0) is 9.35. The van der Waals surface area contributed by atoms with Crippen molar-refractivity contribution in [1.29, 1.82) is 0 Å². The summed E-state index contributed by atoms with van der Waals surface area (Å²) in [4.78, 5) is 10.8. The molecule has 1 N–H and O–H groups in total. The first-order valence-corrected chi connectivity index (χ1v) is 4.92. The third-order valence-corrected chi connectivity index (χ3v) is 2.85. The Morgan fingerprint density at radius 2 is 2.17 bits per heavy atom. The normalized spacial score (nSPS) is 18.6. The second-order valence-electron chi connectivity index (χ2n) is 3.78. The Balaban J connectivity index is 3.00. The van der Waals surface area contributed by atoms with Gasteiger partial charge in [-0.15, -0.1) is 0 Å². The number of rotatable bonds is 1. The zero-order valence-electron chi connectivity index (χ0n) is 7.63. The van der Waals surface area contributed by atoms with E-state index < -0.39 is 5.97 Å². The molecule has 3 nitrogen and oxygen atoms in total. The second kappa shape index (κ2) is 3.09. The maximum absolute atomic E-state index is 10.8. The Morgan fingerprint density at radius 1 is 1.58 bits per heavy atom. The van der Waals surface area contributed by atoms with Crippen LogP contribution in [0.4, 0.5) is 0 Å². The van der Waals surface area contributed by atoms with Crippen LogP contribution in [0.5, 0.6) is 0 Å². The third-order valence-electron chi connectivity index (χ3n) is 1.79. The van der Waals surface area contributed by atoms with Gasteiger partial charge in [-0.2, -0.15) is 0 Å². The van der Waals surface area contributed by atoms with Crippen LogP contribution < -0.4 is 0 Å². The standard InChI is InChI=1S/C8H13NO2S/c1-8(2,3)9-4-5-12-6(9)7(10)11/h4-5H2,1-3H3/p+1. The van der Waals surface area contributed by atoms with Crippen molar-refractivity contribution in [3.63, 3.8) is 0 Å². The fraction of sp³-hybridized carbons (Fsp3) is 0.750. The lowest BCUT2D eigenvalue weighted by atomic mass is 10.1. The predicted molar refractivity (Wildman–Crippen MR) is 50.0 cm³/mol. The van der Waals surface area contributed by atoms with Gasteiger partial charge in [-0.3, -0.25) is 0 Å². The summed E-state index contributed by atoms with van der Waals surface area (Å²) in [5.74, 6) is 0.0891. The molecule has 68 valence electrons. The summed E-state index contributed by atoms with van der Waals surface area (Å²) in [7, 11) is 0. The first-order chi connectivity index (χ1) is 5.43. The maximum atomic E-state index is 10.8. The first-order valence-electron chi connectivity index (χ1n) is 3.93. The van der Waals surface area contributed by atoms with Crippen LogP contribution in [0, 0.1) is 0 Å². The summed E-state index contributed by atoms with van der Waals surface area (Å²) in [6, 6.07) is 0. The van der Waals surface area contributed by atoms with Crippen LogP contribution in [0.15, 0.2) is 0 Å². The summed E-state index contributed by atoms with van der Waals surface area (Å²) in [5.41, 5.74) is -0.0722. The molecule has 1 aliphatic heterocycles. The summed E-state index contributed by atoms with van der Waals surface area (Å²) in [6.45, 7) is 6.93. The monoisotopic (exact) mass is 188 g/mol. The second-order valence-corrected chi connectivity index (χ2v) is 4.86. The molecule has 1 rings (SSSR count). The topological polar surface area (TPSA) is 40.3 Å². The molecule has 0 aromatic carbocycles. The number of carbonyl (C=O) groups is 1. The molecule has 0 radical (unpaired) electrons. The van der Waals surface area contributed by atoms with Gasteiger partial charge in [0.25, 0.3) is 0 Å². The molecule has 0 saturated heterocycles. The lowest BCUT2D eigenvalue weighted by Gasteiger charge is -2.14. The molecule has 0 amide bonds. The number of thioether (sulfide) groups is 1.